The van der Waals surface area contributed by atoms with Crippen LogP contribution in [0.2, 0.25) is 0 Å². The number of nitrogens with two attached hydrogens (primary N) is 1. The zero-order valence-electron chi connectivity index (χ0n) is 12.6. The van der Waals surface area contributed by atoms with Crippen molar-refractivity contribution in [2.45, 2.75) is 45.2 Å². The minimum absolute atomic E-state index is 0.0440. The Kier molecular flexibility index (Phi) is 4.65. The molecule has 0 bridgehead atoms. The Balaban J connectivity index is 2.02. The number of carbonyl (C=O) groups excluding carboxylic acids is 1. The van der Waals surface area contributed by atoms with Crippen molar-refractivity contribution in [2.75, 3.05) is 13.7 Å². The van der Waals surface area contributed by atoms with Crippen molar-refractivity contribution in [3.05, 3.63) is 29.3 Å². The van der Waals surface area contributed by atoms with Gasteiger partial charge in [0.2, 0.25) is 0 Å². The van der Waals surface area contributed by atoms with E-state index in [2.05, 4.69) is 0 Å². The van der Waals surface area contributed by atoms with E-state index in [-0.39, 0.29) is 18.6 Å². The molecule has 1 fully saturated rings. The summed E-state index contributed by atoms with van der Waals surface area (Å²) in [5.41, 5.74) is 7.98. The van der Waals surface area contributed by atoms with Crippen LogP contribution in [-0.4, -0.2) is 36.5 Å². The van der Waals surface area contributed by atoms with Crippen molar-refractivity contribution in [1.82, 2.24) is 4.90 Å². The third-order valence-corrected chi connectivity index (χ3v) is 3.66. The van der Waals surface area contributed by atoms with E-state index in [1.165, 1.54) is 0 Å². The quantitative estimate of drug-likeness (QED) is 0.863. The van der Waals surface area contributed by atoms with Crippen molar-refractivity contribution in [2.24, 2.45) is 5.73 Å². The van der Waals surface area contributed by atoms with E-state index in [0.29, 0.717) is 6.04 Å². The van der Waals surface area contributed by atoms with Crippen molar-refractivity contribution in [1.29, 1.82) is 0 Å². The molecule has 1 aliphatic carbocycles. The summed E-state index contributed by atoms with van der Waals surface area (Å²) in [5.74, 6) is 0.852. The maximum absolute atomic E-state index is 12.0. The van der Waals surface area contributed by atoms with Crippen LogP contribution in [-0.2, 0) is 11.2 Å². The first kappa shape index (κ1) is 14.9. The SMILES string of the molecule is Cc1cccc(CC(C)N)c1OCC(=O)N(C)C1CC1. The highest BCUT2D eigenvalue weighted by Gasteiger charge is 2.29. The number of likely N-dealkylation sites (N-methyl/N-ethyl adjacent to an activating group) is 1. The Hall–Kier alpha value is -1.55. The maximum atomic E-state index is 12.0. The summed E-state index contributed by atoms with van der Waals surface area (Å²) in [6.07, 6.45) is 2.98. The van der Waals surface area contributed by atoms with Crippen molar-refractivity contribution in [3.8, 4) is 5.75 Å². The Morgan fingerprint density at radius 3 is 2.80 bits per heavy atom. The topological polar surface area (TPSA) is 55.6 Å². The minimum atomic E-state index is 0.0440. The molecular weight excluding hydrogens is 252 g/mol. The van der Waals surface area contributed by atoms with Gasteiger partial charge in [-0.15, -0.1) is 0 Å². The number of nitrogens with zero attached hydrogens (tertiary/aromatic N) is 1. The molecule has 0 spiro atoms. The fourth-order valence-electron chi connectivity index (χ4n) is 2.33. The largest absolute Gasteiger partial charge is 0.483 e. The van der Waals surface area contributed by atoms with Gasteiger partial charge in [0.1, 0.15) is 5.75 Å². The standard InChI is InChI=1S/C16H24N2O2/c1-11-5-4-6-13(9-12(2)17)16(11)20-10-15(19)18(3)14-7-8-14/h4-6,12,14H,7-10,17H2,1-3H3. The lowest BCUT2D eigenvalue weighted by atomic mass is 10.0. The molecule has 1 unspecified atom stereocenters. The van der Waals surface area contributed by atoms with Gasteiger partial charge in [0.25, 0.3) is 5.91 Å². The van der Waals surface area contributed by atoms with Crippen LogP contribution < -0.4 is 10.5 Å². The molecular formula is C16H24N2O2. The Morgan fingerprint density at radius 2 is 2.20 bits per heavy atom. The monoisotopic (exact) mass is 276 g/mol. The van der Waals surface area contributed by atoms with E-state index >= 15 is 0 Å². The first-order valence-corrected chi connectivity index (χ1v) is 7.21. The Labute approximate surface area is 120 Å². The summed E-state index contributed by atoms with van der Waals surface area (Å²) in [7, 11) is 1.85. The number of ether oxygens (including phenoxy) is 1. The van der Waals surface area contributed by atoms with E-state index in [1.54, 1.807) is 4.90 Å². The highest BCUT2D eigenvalue weighted by molar-refractivity contribution is 5.78. The van der Waals surface area contributed by atoms with E-state index in [0.717, 1.165) is 36.1 Å². The Bertz CT molecular complexity index is 481. The highest BCUT2D eigenvalue weighted by atomic mass is 16.5. The average Bonchev–Trinajstić information content (AvgIpc) is 3.20. The first-order chi connectivity index (χ1) is 9.49. The van der Waals surface area contributed by atoms with Gasteiger partial charge >= 0.3 is 0 Å². The summed E-state index contributed by atoms with van der Waals surface area (Å²) in [6.45, 7) is 4.07. The van der Waals surface area contributed by atoms with Crippen molar-refractivity contribution >= 4 is 5.91 Å². The molecule has 0 aliphatic heterocycles. The van der Waals surface area contributed by atoms with Gasteiger partial charge in [0.15, 0.2) is 6.61 Å². The maximum Gasteiger partial charge on any atom is 0.260 e. The molecule has 1 saturated carbocycles. The summed E-state index contributed by atoms with van der Waals surface area (Å²) in [4.78, 5) is 13.8. The fraction of sp³-hybridized carbons (Fsp3) is 0.562. The summed E-state index contributed by atoms with van der Waals surface area (Å²) in [6, 6.07) is 6.50. The van der Waals surface area contributed by atoms with E-state index < -0.39 is 0 Å². The fourth-order valence-corrected chi connectivity index (χ4v) is 2.33. The normalized spacial score (nSPS) is 15.8. The zero-order valence-corrected chi connectivity index (χ0v) is 12.6. The summed E-state index contributed by atoms with van der Waals surface area (Å²) < 4.78 is 5.78. The molecule has 0 heterocycles. The predicted octanol–water partition coefficient (Wildman–Crippen LogP) is 1.88. The van der Waals surface area contributed by atoms with Crippen LogP contribution >= 0.6 is 0 Å². The number of hydrogen-bond acceptors (Lipinski definition) is 3. The van der Waals surface area contributed by atoms with Crippen molar-refractivity contribution in [3.63, 3.8) is 0 Å². The number of rotatable bonds is 6. The van der Waals surface area contributed by atoms with Gasteiger partial charge in [-0.05, 0) is 44.2 Å². The van der Waals surface area contributed by atoms with Crippen LogP contribution in [0.15, 0.2) is 18.2 Å². The van der Waals surface area contributed by atoms with Crippen LogP contribution in [0.3, 0.4) is 0 Å². The molecule has 110 valence electrons. The van der Waals surface area contributed by atoms with E-state index in [4.69, 9.17) is 10.5 Å². The molecule has 2 rings (SSSR count). The lowest BCUT2D eigenvalue weighted by Gasteiger charge is -2.19. The molecule has 1 amide bonds. The molecule has 1 aliphatic rings. The number of para-hydroxylation sites is 1. The van der Waals surface area contributed by atoms with Gasteiger partial charge in [-0.2, -0.15) is 0 Å². The molecule has 0 saturated heterocycles. The van der Waals surface area contributed by atoms with E-state index in [9.17, 15) is 4.79 Å². The Morgan fingerprint density at radius 1 is 1.50 bits per heavy atom. The summed E-state index contributed by atoms with van der Waals surface area (Å²) >= 11 is 0. The van der Waals surface area contributed by atoms with Crippen LogP contribution in [0, 0.1) is 6.92 Å². The number of benzene rings is 1. The van der Waals surface area contributed by atoms with E-state index in [1.807, 2.05) is 39.1 Å². The molecule has 0 aromatic heterocycles. The van der Waals surface area contributed by atoms with Crippen LogP contribution in [0.25, 0.3) is 0 Å². The van der Waals surface area contributed by atoms with Gasteiger partial charge in [0, 0.05) is 19.1 Å². The number of aryl methyl sites for hydroxylation is 1. The molecule has 1 atom stereocenters. The zero-order chi connectivity index (χ0) is 14.7. The smallest absolute Gasteiger partial charge is 0.260 e. The second kappa shape index (κ2) is 6.27. The molecule has 4 heteroatoms. The third-order valence-electron chi connectivity index (χ3n) is 3.66. The number of amides is 1. The molecule has 2 N–H and O–H groups in total. The van der Waals surface area contributed by atoms with Gasteiger partial charge in [-0.25, -0.2) is 0 Å². The van der Waals surface area contributed by atoms with Gasteiger partial charge in [0.05, 0.1) is 0 Å². The number of carbonyl (C=O) groups is 1. The van der Waals surface area contributed by atoms with Gasteiger partial charge in [-0.1, -0.05) is 18.2 Å². The molecule has 1 aromatic rings. The first-order valence-electron chi connectivity index (χ1n) is 7.21. The van der Waals surface area contributed by atoms with Gasteiger partial charge in [-0.3, -0.25) is 4.79 Å². The molecule has 20 heavy (non-hydrogen) atoms. The van der Waals surface area contributed by atoms with Crippen molar-refractivity contribution < 1.29 is 9.53 Å². The van der Waals surface area contributed by atoms with Gasteiger partial charge < -0.3 is 15.4 Å². The lowest BCUT2D eigenvalue weighted by molar-refractivity contribution is -0.132. The number of hydrogen-bond donors (Lipinski definition) is 1. The second-order valence-corrected chi connectivity index (χ2v) is 5.77. The second-order valence-electron chi connectivity index (χ2n) is 5.77. The molecule has 0 radical (unpaired) electrons. The molecule has 4 nitrogen and oxygen atoms in total. The lowest BCUT2D eigenvalue weighted by Crippen LogP contribution is -2.33. The van der Waals surface area contributed by atoms with Crippen LogP contribution in [0.1, 0.15) is 30.9 Å². The minimum Gasteiger partial charge on any atom is -0.483 e. The molecule has 1 aromatic carbocycles. The average molecular weight is 276 g/mol. The van der Waals surface area contributed by atoms with Crippen LogP contribution in [0.5, 0.6) is 5.75 Å². The highest BCUT2D eigenvalue weighted by Crippen LogP contribution is 2.27. The predicted molar refractivity (Wildman–Crippen MR) is 79.8 cm³/mol. The van der Waals surface area contributed by atoms with Crippen LogP contribution in [0.4, 0.5) is 0 Å². The summed E-state index contributed by atoms with van der Waals surface area (Å²) in [5, 5.41) is 0. The third kappa shape index (κ3) is 3.73.